The van der Waals surface area contributed by atoms with Crippen LogP contribution in [-0.4, -0.2) is 23.3 Å². The first-order chi connectivity index (χ1) is 31.2. The maximum Gasteiger partial charge on any atom is 0.137 e. The van der Waals surface area contributed by atoms with E-state index in [1.807, 2.05) is 0 Å². The molecule has 5 nitrogen and oxygen atoms in total. The lowest BCUT2D eigenvalue weighted by Gasteiger charge is -2.62. The van der Waals surface area contributed by atoms with Gasteiger partial charge >= 0.3 is 0 Å². The SMILES string of the molecule is CN1CN(c2cc(Oc3ccc4c5ccccc5n(-c5cc(C6(c7cccc8c7ccc7ccccc78)C7CC8CC(C7)CC6C8)ccn5)c4c3)cc(C(C)(C)C)c2)c2ccccc21. The van der Waals surface area contributed by atoms with Gasteiger partial charge in [0, 0.05) is 47.3 Å². The number of hydrogen-bond donors (Lipinski definition) is 0. The third-order valence-electron chi connectivity index (χ3n) is 16.0. The number of nitrogens with zero attached hydrogens (tertiary/aromatic N) is 4. The fourth-order valence-electron chi connectivity index (χ4n) is 13.4. The molecule has 5 aliphatic rings. The highest BCUT2D eigenvalue weighted by molar-refractivity contribution is 6.10. The first-order valence-electron chi connectivity index (χ1n) is 23.5. The zero-order chi connectivity index (χ0) is 42.9. The molecule has 316 valence electrons. The molecule has 4 bridgehead atoms. The van der Waals surface area contributed by atoms with Gasteiger partial charge in [0.15, 0.2) is 0 Å². The Kier molecular flexibility index (Phi) is 8.27. The topological polar surface area (TPSA) is 33.5 Å². The van der Waals surface area contributed by atoms with Gasteiger partial charge in [-0.1, -0.05) is 106 Å². The molecule has 0 N–H and O–H groups in total. The van der Waals surface area contributed by atoms with Crippen LogP contribution < -0.4 is 14.5 Å². The molecule has 7 aromatic carbocycles. The van der Waals surface area contributed by atoms with Gasteiger partial charge in [0.25, 0.3) is 0 Å². The average molecular weight is 835 g/mol. The number of rotatable bonds is 6. The largest absolute Gasteiger partial charge is 0.457 e. The van der Waals surface area contributed by atoms with Gasteiger partial charge < -0.3 is 14.5 Å². The molecular weight excluding hydrogens is 781 g/mol. The smallest absolute Gasteiger partial charge is 0.137 e. The van der Waals surface area contributed by atoms with Gasteiger partial charge in [-0.15, -0.1) is 0 Å². The van der Waals surface area contributed by atoms with Crippen LogP contribution in [0.4, 0.5) is 17.1 Å². The zero-order valence-electron chi connectivity index (χ0n) is 37.3. The van der Waals surface area contributed by atoms with Gasteiger partial charge in [-0.05, 0) is 154 Å². The minimum Gasteiger partial charge on any atom is -0.457 e. The van der Waals surface area contributed by atoms with Gasteiger partial charge in [-0.2, -0.15) is 0 Å². The van der Waals surface area contributed by atoms with Crippen LogP contribution in [0.1, 0.15) is 69.6 Å². The summed E-state index contributed by atoms with van der Waals surface area (Å²) in [5, 5.41) is 7.84. The van der Waals surface area contributed by atoms with Crippen LogP contribution in [0.5, 0.6) is 11.5 Å². The summed E-state index contributed by atoms with van der Waals surface area (Å²) in [5.74, 6) is 5.49. The monoisotopic (exact) mass is 834 g/mol. The van der Waals surface area contributed by atoms with Crippen molar-refractivity contribution in [2.75, 3.05) is 23.5 Å². The molecule has 0 atom stereocenters. The molecule has 0 radical (unpaired) electrons. The summed E-state index contributed by atoms with van der Waals surface area (Å²) in [7, 11) is 2.16. The van der Waals surface area contributed by atoms with Crippen molar-refractivity contribution in [3.05, 3.63) is 175 Å². The molecule has 5 heteroatoms. The third kappa shape index (κ3) is 5.65. The van der Waals surface area contributed by atoms with Crippen LogP contribution in [-0.2, 0) is 10.8 Å². The number of ether oxygens (including phenoxy) is 1. The molecule has 64 heavy (non-hydrogen) atoms. The summed E-state index contributed by atoms with van der Waals surface area (Å²) in [6, 6.07) is 56.6. The second kappa shape index (κ2) is 14.0. The van der Waals surface area contributed by atoms with Crippen molar-refractivity contribution in [2.45, 2.75) is 63.7 Å². The van der Waals surface area contributed by atoms with Crippen LogP contribution in [0.2, 0.25) is 0 Å². The van der Waals surface area contributed by atoms with E-state index in [2.05, 4.69) is 200 Å². The van der Waals surface area contributed by atoms with Crippen LogP contribution in [0, 0.1) is 23.7 Å². The Hall–Kier alpha value is -6.59. The standard InChI is InChI=1S/C59H54N4O/c1-58(2,3)41-31-44(62-36-61(4)54-18-9-10-19-55(54)62)34-46(32-41)64-45-21-23-51-50-14-7-8-17-53(50)63(56(51)35-45)57-33-40(24-25-60-57)59(42-27-37-26-38(29-42)30-43(59)28-37)52-16-11-15-48-47-13-6-5-12-39(47)20-22-49(48)52/h5-25,31-35,37-38,42-43H,26-30,36H2,1-4H3. The van der Waals surface area contributed by atoms with Gasteiger partial charge in [0.05, 0.1) is 29.1 Å². The van der Waals surface area contributed by atoms with Crippen molar-refractivity contribution in [3.8, 4) is 17.3 Å². The Morgan fingerprint density at radius 3 is 2.09 bits per heavy atom. The van der Waals surface area contributed by atoms with Gasteiger partial charge in [-0.25, -0.2) is 4.98 Å². The molecular formula is C59H54N4O. The first kappa shape index (κ1) is 37.9. The van der Waals surface area contributed by atoms with E-state index < -0.39 is 0 Å². The maximum atomic E-state index is 6.98. The zero-order valence-corrected chi connectivity index (χ0v) is 37.3. The van der Waals surface area contributed by atoms with Crippen molar-refractivity contribution in [3.63, 3.8) is 0 Å². The maximum absolute atomic E-state index is 6.98. The fourth-order valence-corrected chi connectivity index (χ4v) is 13.4. The molecule has 0 spiro atoms. The summed E-state index contributed by atoms with van der Waals surface area (Å²) in [5.41, 5.74) is 9.85. The molecule has 0 unspecified atom stereocenters. The Bertz CT molecular complexity index is 3310. The quantitative estimate of drug-likeness (QED) is 0.156. The Morgan fingerprint density at radius 2 is 1.28 bits per heavy atom. The first-order valence-corrected chi connectivity index (χ1v) is 23.5. The van der Waals surface area contributed by atoms with E-state index in [0.717, 1.165) is 52.5 Å². The van der Waals surface area contributed by atoms with E-state index in [1.54, 1.807) is 0 Å². The highest BCUT2D eigenvalue weighted by Gasteiger charge is 2.59. The molecule has 0 saturated heterocycles. The highest BCUT2D eigenvalue weighted by atomic mass is 16.5. The van der Waals surface area contributed by atoms with E-state index in [0.29, 0.717) is 11.8 Å². The van der Waals surface area contributed by atoms with Crippen LogP contribution >= 0.6 is 0 Å². The lowest BCUT2D eigenvalue weighted by atomic mass is 9.42. The molecule has 9 aromatic rings. The summed E-state index contributed by atoms with van der Waals surface area (Å²) < 4.78 is 9.38. The summed E-state index contributed by atoms with van der Waals surface area (Å²) >= 11 is 0. The normalized spacial score (nSPS) is 22.6. The van der Waals surface area contributed by atoms with Gasteiger partial charge in [-0.3, -0.25) is 4.57 Å². The van der Waals surface area contributed by atoms with Crippen molar-refractivity contribution >= 4 is 60.4 Å². The predicted octanol–water partition coefficient (Wildman–Crippen LogP) is 14.9. The third-order valence-corrected chi connectivity index (χ3v) is 16.0. The van der Waals surface area contributed by atoms with E-state index in [9.17, 15) is 0 Å². The number of hydrogen-bond acceptors (Lipinski definition) is 4. The lowest BCUT2D eigenvalue weighted by Crippen LogP contribution is -2.56. The van der Waals surface area contributed by atoms with Crippen LogP contribution in [0.15, 0.2) is 158 Å². The number of fused-ring (bicyclic) bond motifs is 7. The van der Waals surface area contributed by atoms with Crippen LogP contribution in [0.3, 0.4) is 0 Å². The lowest BCUT2D eigenvalue weighted by molar-refractivity contribution is -0.0412. The van der Waals surface area contributed by atoms with Crippen molar-refractivity contribution in [2.24, 2.45) is 23.7 Å². The Morgan fingerprint density at radius 1 is 0.578 bits per heavy atom. The number of benzene rings is 7. The van der Waals surface area contributed by atoms with Gasteiger partial charge in [0.2, 0.25) is 0 Å². The molecule has 2 aromatic heterocycles. The van der Waals surface area contributed by atoms with Gasteiger partial charge in [0.1, 0.15) is 17.3 Å². The Labute approximate surface area is 375 Å². The molecule has 4 aliphatic carbocycles. The summed E-state index contributed by atoms with van der Waals surface area (Å²) in [6.07, 6.45) is 8.76. The highest BCUT2D eigenvalue weighted by Crippen LogP contribution is 2.66. The average Bonchev–Trinajstić information content (AvgIpc) is 3.82. The fraction of sp³-hybridized carbons (Fsp3) is 0.271. The van der Waals surface area contributed by atoms with Crippen molar-refractivity contribution in [1.29, 1.82) is 0 Å². The Balaban J connectivity index is 0.962. The minimum atomic E-state index is -0.0967. The second-order valence-corrected chi connectivity index (χ2v) is 20.6. The molecule has 3 heterocycles. The second-order valence-electron chi connectivity index (χ2n) is 20.6. The number of anilines is 3. The minimum absolute atomic E-state index is 0.0687. The summed E-state index contributed by atoms with van der Waals surface area (Å²) in [4.78, 5) is 9.97. The van der Waals surface area contributed by atoms with E-state index in [4.69, 9.17) is 9.72 Å². The summed E-state index contributed by atoms with van der Waals surface area (Å²) in [6.45, 7) is 7.62. The van der Waals surface area contributed by atoms with Crippen LogP contribution in [0.25, 0.3) is 49.2 Å². The van der Waals surface area contributed by atoms with Crippen molar-refractivity contribution < 1.29 is 4.74 Å². The molecule has 14 rings (SSSR count). The van der Waals surface area contributed by atoms with E-state index >= 15 is 0 Å². The van der Waals surface area contributed by atoms with E-state index in [-0.39, 0.29) is 10.8 Å². The molecule has 1 aliphatic heterocycles. The van der Waals surface area contributed by atoms with Crippen molar-refractivity contribution in [1.82, 2.24) is 9.55 Å². The predicted molar refractivity (Wildman–Crippen MR) is 265 cm³/mol. The molecule has 0 amide bonds. The van der Waals surface area contributed by atoms with E-state index in [1.165, 1.54) is 92.5 Å². The number of para-hydroxylation sites is 3. The molecule has 4 fully saturated rings. The number of pyridine rings is 1. The number of aromatic nitrogens is 2. The molecule has 4 saturated carbocycles.